The predicted octanol–water partition coefficient (Wildman–Crippen LogP) is 1.78. The first-order valence-electron chi connectivity index (χ1n) is 2.20. The van der Waals surface area contributed by atoms with Crippen molar-refractivity contribution < 1.29 is 5.11 Å². The number of aliphatic hydroxyl groups is 1. The van der Waals surface area contributed by atoms with E-state index >= 15 is 0 Å². The summed E-state index contributed by atoms with van der Waals surface area (Å²) in [7, 11) is 0. The molecule has 0 aromatic heterocycles. The molecule has 4 heteroatoms. The summed E-state index contributed by atoms with van der Waals surface area (Å²) in [5, 5.41) is 8.10. The number of halogens is 3. The molecule has 0 aromatic carbocycles. The van der Waals surface area contributed by atoms with E-state index in [0.29, 0.717) is 12.3 Å². The Morgan fingerprint density at radius 3 is 2.00 bits per heavy atom. The van der Waals surface area contributed by atoms with E-state index in [1.807, 2.05) is 0 Å². The van der Waals surface area contributed by atoms with Crippen molar-refractivity contribution in [3.05, 3.63) is 0 Å². The molecule has 0 saturated carbocycles. The van der Waals surface area contributed by atoms with Crippen LogP contribution in [0.2, 0.25) is 0 Å². The third kappa shape index (κ3) is 3.79. The lowest BCUT2D eigenvalue weighted by atomic mass is 10.3. The van der Waals surface area contributed by atoms with Crippen LogP contribution in [0, 0.1) is 0 Å². The molecule has 0 aromatic rings. The van der Waals surface area contributed by atoms with Gasteiger partial charge in [-0.1, -0.05) is 11.6 Å². The Morgan fingerprint density at radius 2 is 1.88 bits per heavy atom. The van der Waals surface area contributed by atoms with Gasteiger partial charge in [0.05, 0.1) is 5.38 Å². The molecule has 2 atom stereocenters. The normalized spacial score (nSPS) is 18.0. The van der Waals surface area contributed by atoms with Gasteiger partial charge in [-0.3, -0.25) is 0 Å². The number of alkyl halides is 3. The highest BCUT2D eigenvalue weighted by Crippen LogP contribution is 2.11. The number of aliphatic hydroxyl groups excluding tert-OH is 1. The van der Waals surface area contributed by atoms with Gasteiger partial charge >= 0.3 is 0 Å². The minimum Gasteiger partial charge on any atom is -0.376 e. The Balaban J connectivity index is 3.17. The van der Waals surface area contributed by atoms with Crippen LogP contribution in [0.5, 0.6) is 0 Å². The van der Waals surface area contributed by atoms with Crippen molar-refractivity contribution in [3.8, 4) is 0 Å². The van der Waals surface area contributed by atoms with Gasteiger partial charge in [-0.05, 0) is 6.42 Å². The number of hydrogen-bond donors (Lipinski definition) is 1. The van der Waals surface area contributed by atoms with Crippen LogP contribution in [0.25, 0.3) is 0 Å². The third-order valence-corrected chi connectivity index (χ3v) is 1.79. The second kappa shape index (κ2) is 4.68. The molecule has 0 bridgehead atoms. The average Bonchev–Trinajstić information content (AvgIpc) is 1.67. The van der Waals surface area contributed by atoms with Crippen LogP contribution >= 0.6 is 34.8 Å². The molecule has 0 radical (unpaired) electrons. The highest BCUT2D eigenvalue weighted by atomic mass is 35.5. The van der Waals surface area contributed by atoms with E-state index in [-0.39, 0.29) is 0 Å². The number of rotatable bonds is 3. The van der Waals surface area contributed by atoms with E-state index in [9.17, 15) is 0 Å². The quantitative estimate of drug-likeness (QED) is 0.652. The lowest BCUT2D eigenvalue weighted by Crippen LogP contribution is -2.13. The summed E-state index contributed by atoms with van der Waals surface area (Å²) in [5.41, 5.74) is -0.976. The number of hydrogen-bond acceptors (Lipinski definition) is 1. The Labute approximate surface area is 63.5 Å². The Morgan fingerprint density at radius 1 is 1.38 bits per heavy atom. The van der Waals surface area contributed by atoms with E-state index < -0.39 is 10.9 Å². The van der Waals surface area contributed by atoms with Gasteiger partial charge in [0.15, 0.2) is 0 Å². The van der Waals surface area contributed by atoms with Gasteiger partial charge in [0.2, 0.25) is 0 Å². The lowest BCUT2D eigenvalue weighted by Gasteiger charge is -2.06. The van der Waals surface area contributed by atoms with Crippen LogP contribution in [0.15, 0.2) is 0 Å². The van der Waals surface area contributed by atoms with Gasteiger partial charge < -0.3 is 5.11 Å². The van der Waals surface area contributed by atoms with Crippen molar-refractivity contribution in [1.82, 2.24) is 0 Å². The summed E-state index contributed by atoms with van der Waals surface area (Å²) in [6.45, 7) is 0. The minimum atomic E-state index is -0.976. The lowest BCUT2D eigenvalue weighted by molar-refractivity contribution is 0.248. The average molecular weight is 177 g/mol. The summed E-state index contributed by atoms with van der Waals surface area (Å²) in [6, 6.07) is 0. The monoisotopic (exact) mass is 176 g/mol. The standard InChI is InChI=1S/C4H7Cl3O/c5-2-1-3(6)4(7)8/h3-4,8H,1-2H2. The van der Waals surface area contributed by atoms with Crippen LogP contribution in [-0.4, -0.2) is 21.9 Å². The molecule has 2 unspecified atom stereocenters. The smallest absolute Gasteiger partial charge is 0.144 e. The predicted molar refractivity (Wildman–Crippen MR) is 36.8 cm³/mol. The molecule has 0 heterocycles. The van der Waals surface area contributed by atoms with Crippen molar-refractivity contribution in [2.24, 2.45) is 0 Å². The van der Waals surface area contributed by atoms with Crippen molar-refractivity contribution >= 4 is 34.8 Å². The fourth-order valence-corrected chi connectivity index (χ4v) is 0.824. The largest absolute Gasteiger partial charge is 0.376 e. The summed E-state index contributed by atoms with van der Waals surface area (Å²) in [5.74, 6) is 0.429. The molecule has 0 aliphatic carbocycles. The molecular formula is C4H7Cl3O. The van der Waals surface area contributed by atoms with E-state index in [1.54, 1.807) is 0 Å². The van der Waals surface area contributed by atoms with Crippen LogP contribution in [0.4, 0.5) is 0 Å². The zero-order chi connectivity index (χ0) is 6.57. The maximum atomic E-state index is 8.53. The van der Waals surface area contributed by atoms with Gasteiger partial charge in [0.1, 0.15) is 5.56 Å². The van der Waals surface area contributed by atoms with Gasteiger partial charge in [-0.15, -0.1) is 23.2 Å². The van der Waals surface area contributed by atoms with Crippen LogP contribution in [-0.2, 0) is 0 Å². The van der Waals surface area contributed by atoms with E-state index in [1.165, 1.54) is 0 Å². The minimum absolute atomic E-state index is 0.422. The Hall–Kier alpha value is 0.830. The molecule has 0 amide bonds. The van der Waals surface area contributed by atoms with Gasteiger partial charge in [-0.2, -0.15) is 0 Å². The topological polar surface area (TPSA) is 20.2 Å². The summed E-state index contributed by atoms with van der Waals surface area (Å²) >= 11 is 15.9. The Bertz CT molecular complexity index is 57.2. The van der Waals surface area contributed by atoms with Crippen molar-refractivity contribution in [3.63, 3.8) is 0 Å². The van der Waals surface area contributed by atoms with Crippen LogP contribution in [0.3, 0.4) is 0 Å². The SMILES string of the molecule is OC(Cl)C(Cl)CCCl. The zero-order valence-corrected chi connectivity index (χ0v) is 6.42. The maximum Gasteiger partial charge on any atom is 0.144 e. The molecule has 0 fully saturated rings. The van der Waals surface area contributed by atoms with E-state index in [4.69, 9.17) is 39.9 Å². The molecule has 0 rings (SSSR count). The second-order valence-electron chi connectivity index (χ2n) is 1.37. The van der Waals surface area contributed by atoms with Gasteiger partial charge in [0, 0.05) is 5.88 Å². The molecule has 0 aliphatic rings. The molecule has 0 aliphatic heterocycles. The highest BCUT2D eigenvalue weighted by Gasteiger charge is 2.10. The summed E-state index contributed by atoms with van der Waals surface area (Å²) < 4.78 is 0. The molecule has 0 spiro atoms. The second-order valence-corrected chi connectivity index (χ2v) is 2.75. The van der Waals surface area contributed by atoms with E-state index in [0.717, 1.165) is 0 Å². The molecule has 50 valence electrons. The van der Waals surface area contributed by atoms with Crippen LogP contribution < -0.4 is 0 Å². The fraction of sp³-hybridized carbons (Fsp3) is 1.00. The highest BCUT2D eigenvalue weighted by molar-refractivity contribution is 6.29. The third-order valence-electron chi connectivity index (χ3n) is 0.683. The van der Waals surface area contributed by atoms with Crippen molar-refractivity contribution in [1.29, 1.82) is 0 Å². The first kappa shape index (κ1) is 8.83. The summed E-state index contributed by atoms with van der Waals surface area (Å²) in [6.07, 6.45) is 0.535. The fourth-order valence-electron chi connectivity index (χ4n) is 0.242. The van der Waals surface area contributed by atoms with Crippen molar-refractivity contribution in [2.45, 2.75) is 17.4 Å². The molecule has 8 heavy (non-hydrogen) atoms. The molecule has 1 nitrogen and oxygen atoms in total. The zero-order valence-electron chi connectivity index (χ0n) is 4.15. The first-order valence-corrected chi connectivity index (χ1v) is 3.61. The first-order chi connectivity index (χ1) is 3.68. The van der Waals surface area contributed by atoms with Crippen molar-refractivity contribution in [2.75, 3.05) is 5.88 Å². The summed E-state index contributed by atoms with van der Waals surface area (Å²) in [4.78, 5) is 0. The van der Waals surface area contributed by atoms with E-state index in [2.05, 4.69) is 0 Å². The van der Waals surface area contributed by atoms with Gasteiger partial charge in [0.25, 0.3) is 0 Å². The van der Waals surface area contributed by atoms with Gasteiger partial charge in [-0.25, -0.2) is 0 Å². The molecular weight excluding hydrogens is 170 g/mol. The maximum absolute atomic E-state index is 8.53. The Kier molecular flexibility index (Phi) is 5.17. The molecule has 1 N–H and O–H groups in total. The molecule has 0 saturated heterocycles. The van der Waals surface area contributed by atoms with Crippen LogP contribution in [0.1, 0.15) is 6.42 Å².